The van der Waals surface area contributed by atoms with Gasteiger partial charge in [0.1, 0.15) is 0 Å². The highest BCUT2D eigenvalue weighted by Crippen LogP contribution is 2.31. The summed E-state index contributed by atoms with van der Waals surface area (Å²) in [6.07, 6.45) is 0.131. The lowest BCUT2D eigenvalue weighted by Gasteiger charge is -2.04. The molecule has 0 aromatic carbocycles. The van der Waals surface area contributed by atoms with Crippen molar-refractivity contribution in [3.63, 3.8) is 0 Å². The SMILES string of the molecule is Cc1nn(C)c(C)c1C1CC(=O)OC1=O. The molecular weight excluding hydrogens is 196 g/mol. The molecule has 0 spiro atoms. The number of aryl methyl sites for hydroxylation is 2. The maximum Gasteiger partial charge on any atom is 0.321 e. The van der Waals surface area contributed by atoms with Gasteiger partial charge in [0, 0.05) is 18.3 Å². The van der Waals surface area contributed by atoms with E-state index in [1.54, 1.807) is 4.68 Å². The Labute approximate surface area is 87.0 Å². The first-order valence-corrected chi connectivity index (χ1v) is 4.75. The number of nitrogens with zero attached hydrogens (tertiary/aromatic N) is 2. The quantitative estimate of drug-likeness (QED) is 0.500. The summed E-state index contributed by atoms with van der Waals surface area (Å²) >= 11 is 0. The van der Waals surface area contributed by atoms with Crippen molar-refractivity contribution in [2.45, 2.75) is 26.2 Å². The molecule has 0 radical (unpaired) electrons. The number of hydrogen-bond donors (Lipinski definition) is 0. The van der Waals surface area contributed by atoms with E-state index < -0.39 is 17.9 Å². The molecule has 5 heteroatoms. The molecular formula is C10H12N2O3. The van der Waals surface area contributed by atoms with Gasteiger partial charge in [-0.1, -0.05) is 0 Å². The van der Waals surface area contributed by atoms with Crippen LogP contribution in [0.25, 0.3) is 0 Å². The van der Waals surface area contributed by atoms with Crippen molar-refractivity contribution in [3.8, 4) is 0 Å². The van der Waals surface area contributed by atoms with E-state index in [0.29, 0.717) is 0 Å². The summed E-state index contributed by atoms with van der Waals surface area (Å²) in [5.41, 5.74) is 2.52. The highest BCUT2D eigenvalue weighted by atomic mass is 16.6. The average Bonchev–Trinajstić information content (AvgIpc) is 2.56. The molecule has 0 aliphatic carbocycles. The van der Waals surface area contributed by atoms with Gasteiger partial charge in [-0.25, -0.2) is 0 Å². The maximum atomic E-state index is 11.4. The summed E-state index contributed by atoms with van der Waals surface area (Å²) in [5, 5.41) is 4.21. The van der Waals surface area contributed by atoms with E-state index in [1.165, 1.54) is 0 Å². The summed E-state index contributed by atoms with van der Waals surface area (Å²) in [4.78, 5) is 22.4. The Kier molecular flexibility index (Phi) is 2.10. The number of hydrogen-bond acceptors (Lipinski definition) is 4. The molecule has 1 aromatic rings. The third kappa shape index (κ3) is 1.44. The number of aromatic nitrogens is 2. The van der Waals surface area contributed by atoms with Crippen LogP contribution in [0.5, 0.6) is 0 Å². The normalized spacial score (nSPS) is 20.9. The van der Waals surface area contributed by atoms with Crippen molar-refractivity contribution in [2.75, 3.05) is 0 Å². The molecule has 2 rings (SSSR count). The summed E-state index contributed by atoms with van der Waals surface area (Å²) in [5.74, 6) is -1.38. The molecule has 2 heterocycles. The number of cyclic esters (lactones) is 2. The molecule has 1 fully saturated rings. The summed E-state index contributed by atoms with van der Waals surface area (Å²) in [7, 11) is 1.81. The second-order valence-corrected chi connectivity index (χ2v) is 3.76. The highest BCUT2D eigenvalue weighted by Gasteiger charge is 2.37. The number of rotatable bonds is 1. The van der Waals surface area contributed by atoms with Gasteiger partial charge in [0.2, 0.25) is 0 Å². The summed E-state index contributed by atoms with van der Waals surface area (Å²) < 4.78 is 6.24. The molecule has 1 aromatic heterocycles. The summed E-state index contributed by atoms with van der Waals surface area (Å²) in [6.45, 7) is 3.71. The fourth-order valence-corrected chi connectivity index (χ4v) is 1.99. The Balaban J connectivity index is 2.46. The molecule has 0 amide bonds. The first-order valence-electron chi connectivity index (χ1n) is 4.75. The van der Waals surface area contributed by atoms with E-state index in [9.17, 15) is 9.59 Å². The largest absolute Gasteiger partial charge is 0.393 e. The molecule has 1 atom stereocenters. The predicted molar refractivity (Wildman–Crippen MR) is 51.1 cm³/mol. The van der Waals surface area contributed by atoms with E-state index in [0.717, 1.165) is 17.0 Å². The minimum Gasteiger partial charge on any atom is -0.393 e. The van der Waals surface area contributed by atoms with Crippen LogP contribution in [0.4, 0.5) is 0 Å². The second-order valence-electron chi connectivity index (χ2n) is 3.76. The molecule has 1 unspecified atom stereocenters. The van der Waals surface area contributed by atoms with Crippen LogP contribution in [0, 0.1) is 13.8 Å². The molecule has 1 aliphatic heterocycles. The fourth-order valence-electron chi connectivity index (χ4n) is 1.99. The summed E-state index contributed by atoms with van der Waals surface area (Å²) in [6, 6.07) is 0. The number of carbonyl (C=O) groups is 2. The van der Waals surface area contributed by atoms with Gasteiger partial charge in [0.15, 0.2) is 0 Å². The minimum absolute atomic E-state index is 0.131. The zero-order valence-corrected chi connectivity index (χ0v) is 8.90. The van der Waals surface area contributed by atoms with Gasteiger partial charge in [0.05, 0.1) is 18.0 Å². The van der Waals surface area contributed by atoms with Gasteiger partial charge in [-0.05, 0) is 13.8 Å². The van der Waals surface area contributed by atoms with Crippen molar-refractivity contribution in [3.05, 3.63) is 17.0 Å². The Bertz CT molecular complexity index is 448. The van der Waals surface area contributed by atoms with Gasteiger partial charge in [-0.3, -0.25) is 14.3 Å². The Morgan fingerprint density at radius 1 is 1.40 bits per heavy atom. The van der Waals surface area contributed by atoms with Gasteiger partial charge in [-0.2, -0.15) is 5.10 Å². The third-order valence-electron chi connectivity index (χ3n) is 2.78. The van der Waals surface area contributed by atoms with E-state index in [2.05, 4.69) is 9.84 Å². The predicted octanol–water partition coefficient (Wildman–Crippen LogP) is 0.594. The Hall–Kier alpha value is -1.65. The lowest BCUT2D eigenvalue weighted by atomic mass is 9.96. The van der Waals surface area contributed by atoms with Crippen LogP contribution in [-0.4, -0.2) is 21.7 Å². The first kappa shape index (κ1) is 9.89. The molecule has 80 valence electrons. The van der Waals surface area contributed by atoms with Crippen molar-refractivity contribution >= 4 is 11.9 Å². The van der Waals surface area contributed by atoms with E-state index in [-0.39, 0.29) is 6.42 Å². The smallest absolute Gasteiger partial charge is 0.321 e. The number of ether oxygens (including phenoxy) is 1. The number of esters is 2. The Morgan fingerprint density at radius 3 is 2.47 bits per heavy atom. The van der Waals surface area contributed by atoms with Crippen molar-refractivity contribution in [2.24, 2.45) is 7.05 Å². The van der Waals surface area contributed by atoms with E-state index >= 15 is 0 Å². The zero-order chi connectivity index (χ0) is 11.2. The van der Waals surface area contributed by atoms with Gasteiger partial charge in [-0.15, -0.1) is 0 Å². The monoisotopic (exact) mass is 208 g/mol. The zero-order valence-electron chi connectivity index (χ0n) is 8.90. The van der Waals surface area contributed by atoms with Crippen LogP contribution in [0.15, 0.2) is 0 Å². The molecule has 15 heavy (non-hydrogen) atoms. The van der Waals surface area contributed by atoms with Crippen LogP contribution in [0.1, 0.15) is 29.3 Å². The lowest BCUT2D eigenvalue weighted by Crippen LogP contribution is -2.08. The molecule has 0 bridgehead atoms. The van der Waals surface area contributed by atoms with E-state index in [1.807, 2.05) is 20.9 Å². The highest BCUT2D eigenvalue weighted by molar-refractivity contribution is 5.98. The molecule has 5 nitrogen and oxygen atoms in total. The average molecular weight is 208 g/mol. The molecule has 0 N–H and O–H groups in total. The van der Waals surface area contributed by atoms with Gasteiger partial charge < -0.3 is 4.74 Å². The first-order chi connectivity index (χ1) is 7.00. The number of carbonyl (C=O) groups excluding carboxylic acids is 2. The standard InChI is InChI=1S/C10H12N2O3/c1-5-9(6(2)12(3)11-5)7-4-8(13)15-10(7)14/h7H,4H2,1-3H3. The fraction of sp³-hybridized carbons (Fsp3) is 0.500. The minimum atomic E-state index is -0.466. The topological polar surface area (TPSA) is 61.2 Å². The lowest BCUT2D eigenvalue weighted by molar-refractivity contribution is -0.152. The van der Waals surface area contributed by atoms with Gasteiger partial charge in [0.25, 0.3) is 0 Å². The molecule has 1 saturated heterocycles. The van der Waals surface area contributed by atoms with Gasteiger partial charge >= 0.3 is 11.9 Å². The van der Waals surface area contributed by atoms with Crippen LogP contribution in [-0.2, 0) is 21.4 Å². The maximum absolute atomic E-state index is 11.4. The van der Waals surface area contributed by atoms with Crippen molar-refractivity contribution in [1.82, 2.24) is 9.78 Å². The van der Waals surface area contributed by atoms with Crippen molar-refractivity contribution < 1.29 is 14.3 Å². The van der Waals surface area contributed by atoms with Crippen molar-refractivity contribution in [1.29, 1.82) is 0 Å². The van der Waals surface area contributed by atoms with Crippen LogP contribution >= 0.6 is 0 Å². The molecule has 1 aliphatic rings. The molecule has 0 saturated carbocycles. The Morgan fingerprint density at radius 2 is 2.07 bits per heavy atom. The van der Waals surface area contributed by atoms with Crippen LogP contribution in [0.3, 0.4) is 0 Å². The second kappa shape index (κ2) is 3.18. The van der Waals surface area contributed by atoms with E-state index in [4.69, 9.17) is 0 Å². The van der Waals surface area contributed by atoms with Crippen LogP contribution < -0.4 is 0 Å². The third-order valence-corrected chi connectivity index (χ3v) is 2.78. The van der Waals surface area contributed by atoms with Crippen LogP contribution in [0.2, 0.25) is 0 Å².